The van der Waals surface area contributed by atoms with Crippen LogP contribution in [0, 0.1) is 13.8 Å². The van der Waals surface area contributed by atoms with Gasteiger partial charge in [-0.25, -0.2) is 4.79 Å². The second-order valence-electron chi connectivity index (χ2n) is 6.97. The van der Waals surface area contributed by atoms with Gasteiger partial charge in [0.1, 0.15) is 0 Å². The van der Waals surface area contributed by atoms with E-state index in [1.165, 1.54) is 5.56 Å². The lowest BCUT2D eigenvalue weighted by Crippen LogP contribution is -2.43. The number of carbonyl (C=O) groups is 2. The molecule has 5 heteroatoms. The third-order valence-corrected chi connectivity index (χ3v) is 4.81. The number of fused-ring (bicyclic) bond motifs is 1. The van der Waals surface area contributed by atoms with Gasteiger partial charge in [-0.15, -0.1) is 0 Å². The number of nitrogens with zero attached hydrogens (tertiary/aromatic N) is 1. The number of ether oxygens (including phenoxy) is 1. The first-order valence-corrected chi connectivity index (χ1v) is 9.37. The van der Waals surface area contributed by atoms with Gasteiger partial charge in [0.15, 0.2) is 0 Å². The monoisotopic (exact) mass is 366 g/mol. The summed E-state index contributed by atoms with van der Waals surface area (Å²) in [6.45, 7) is 6.70. The highest BCUT2D eigenvalue weighted by Crippen LogP contribution is 2.33. The van der Waals surface area contributed by atoms with Crippen LogP contribution in [0.2, 0.25) is 0 Å². The molecule has 1 atom stereocenters. The molecule has 2 aromatic rings. The topological polar surface area (TPSA) is 58.6 Å². The number of rotatable bonds is 4. The summed E-state index contributed by atoms with van der Waals surface area (Å²) in [5.41, 5.74) is 5.16. The number of nitrogens with one attached hydrogen (secondary N) is 1. The van der Waals surface area contributed by atoms with Crippen LogP contribution in [0.1, 0.15) is 41.6 Å². The molecule has 0 saturated carbocycles. The Balaban J connectivity index is 1.85. The molecular formula is C22H26N2O3. The first kappa shape index (κ1) is 19.0. The molecular weight excluding hydrogens is 340 g/mol. The molecule has 0 aliphatic carbocycles. The number of esters is 1. The minimum Gasteiger partial charge on any atom is -0.466 e. The molecule has 0 spiro atoms. The van der Waals surface area contributed by atoms with E-state index in [1.54, 1.807) is 11.8 Å². The molecule has 2 aromatic carbocycles. The molecule has 1 unspecified atom stereocenters. The van der Waals surface area contributed by atoms with E-state index in [0.717, 1.165) is 28.8 Å². The van der Waals surface area contributed by atoms with Crippen LogP contribution >= 0.6 is 0 Å². The summed E-state index contributed by atoms with van der Waals surface area (Å²) in [6.07, 6.45) is 0.931. The van der Waals surface area contributed by atoms with Crippen molar-refractivity contribution < 1.29 is 14.3 Å². The lowest BCUT2D eigenvalue weighted by Gasteiger charge is -2.37. The van der Waals surface area contributed by atoms with Crippen molar-refractivity contribution in [2.75, 3.05) is 18.5 Å². The molecule has 1 aliphatic rings. The third-order valence-electron chi connectivity index (χ3n) is 4.81. The Bertz CT molecular complexity index is 827. The number of benzene rings is 2. The van der Waals surface area contributed by atoms with Crippen LogP contribution in [-0.4, -0.2) is 30.1 Å². The molecule has 0 bridgehead atoms. The average molecular weight is 366 g/mol. The second kappa shape index (κ2) is 8.25. The number of anilines is 1. The Kier molecular flexibility index (Phi) is 5.79. The highest BCUT2D eigenvalue weighted by Gasteiger charge is 2.32. The molecule has 0 saturated heterocycles. The average Bonchev–Trinajstić information content (AvgIpc) is 2.61. The van der Waals surface area contributed by atoms with Gasteiger partial charge in [0.25, 0.3) is 0 Å². The zero-order chi connectivity index (χ0) is 19.4. The first-order chi connectivity index (χ1) is 13.0. The van der Waals surface area contributed by atoms with Crippen molar-refractivity contribution in [2.24, 2.45) is 0 Å². The van der Waals surface area contributed by atoms with Crippen molar-refractivity contribution in [3.05, 3.63) is 64.7 Å². The zero-order valence-corrected chi connectivity index (χ0v) is 16.1. The summed E-state index contributed by atoms with van der Waals surface area (Å²) in [4.78, 5) is 26.9. The maximum Gasteiger partial charge on any atom is 0.322 e. The molecule has 1 aliphatic heterocycles. The number of hydrogen-bond donors (Lipinski definition) is 1. The standard InChI is InChI=1S/C22H26N2O3/c1-4-27-21(25)14-20-19-8-6-5-7-17(19)9-10-24(20)22(26)23-18-12-15(2)11-16(3)13-18/h5-8,11-13,20H,4,9-10,14H2,1-3H3,(H,23,26). The minimum absolute atomic E-state index is 0.158. The molecule has 142 valence electrons. The summed E-state index contributed by atoms with van der Waals surface area (Å²) in [5, 5.41) is 2.99. The van der Waals surface area contributed by atoms with Gasteiger partial charge in [-0.05, 0) is 61.6 Å². The maximum absolute atomic E-state index is 13.0. The molecule has 2 amide bonds. The van der Waals surface area contributed by atoms with Gasteiger partial charge >= 0.3 is 12.0 Å². The fourth-order valence-electron chi connectivity index (χ4n) is 3.73. The lowest BCUT2D eigenvalue weighted by atomic mass is 9.91. The molecule has 27 heavy (non-hydrogen) atoms. The highest BCUT2D eigenvalue weighted by atomic mass is 16.5. The highest BCUT2D eigenvalue weighted by molar-refractivity contribution is 5.90. The third kappa shape index (κ3) is 4.48. The molecule has 5 nitrogen and oxygen atoms in total. The van der Waals surface area contributed by atoms with Crippen molar-refractivity contribution in [3.63, 3.8) is 0 Å². The van der Waals surface area contributed by atoms with E-state index in [-0.39, 0.29) is 24.5 Å². The van der Waals surface area contributed by atoms with Crippen molar-refractivity contribution in [3.8, 4) is 0 Å². The Hall–Kier alpha value is -2.82. The Labute approximate surface area is 160 Å². The summed E-state index contributed by atoms with van der Waals surface area (Å²) in [6, 6.07) is 13.4. The van der Waals surface area contributed by atoms with E-state index in [0.29, 0.717) is 13.2 Å². The molecule has 3 rings (SSSR count). The summed E-state index contributed by atoms with van der Waals surface area (Å²) >= 11 is 0. The van der Waals surface area contributed by atoms with Crippen molar-refractivity contribution in [2.45, 2.75) is 39.7 Å². The second-order valence-corrected chi connectivity index (χ2v) is 6.97. The van der Waals surface area contributed by atoms with E-state index in [1.807, 2.05) is 44.2 Å². The molecule has 0 fully saturated rings. The van der Waals surface area contributed by atoms with E-state index in [9.17, 15) is 9.59 Å². The zero-order valence-electron chi connectivity index (χ0n) is 16.1. The van der Waals surface area contributed by atoms with Crippen LogP contribution in [0.4, 0.5) is 10.5 Å². The van der Waals surface area contributed by atoms with Crippen LogP contribution in [-0.2, 0) is 16.0 Å². The van der Waals surface area contributed by atoms with Crippen LogP contribution in [0.15, 0.2) is 42.5 Å². The van der Waals surface area contributed by atoms with Gasteiger partial charge in [0.05, 0.1) is 19.1 Å². The normalized spacial score (nSPS) is 15.8. The number of carbonyl (C=O) groups excluding carboxylic acids is 2. The Morgan fingerprint density at radius 2 is 1.85 bits per heavy atom. The van der Waals surface area contributed by atoms with Gasteiger partial charge in [-0.2, -0.15) is 0 Å². The number of urea groups is 1. The van der Waals surface area contributed by atoms with Crippen molar-refractivity contribution in [1.82, 2.24) is 4.90 Å². The van der Waals surface area contributed by atoms with Crippen LogP contribution in [0.3, 0.4) is 0 Å². The van der Waals surface area contributed by atoms with Crippen LogP contribution in [0.5, 0.6) is 0 Å². The SMILES string of the molecule is CCOC(=O)CC1c2ccccc2CCN1C(=O)Nc1cc(C)cc(C)c1. The molecule has 1 heterocycles. The van der Waals surface area contributed by atoms with Gasteiger partial charge in [-0.3, -0.25) is 4.79 Å². The largest absolute Gasteiger partial charge is 0.466 e. The van der Waals surface area contributed by atoms with E-state index >= 15 is 0 Å². The fourth-order valence-corrected chi connectivity index (χ4v) is 3.73. The summed E-state index contributed by atoms with van der Waals surface area (Å²) in [5.74, 6) is -0.289. The maximum atomic E-state index is 13.0. The van der Waals surface area contributed by atoms with Gasteiger partial charge in [0, 0.05) is 12.2 Å². The fraction of sp³-hybridized carbons (Fsp3) is 0.364. The number of amides is 2. The quantitative estimate of drug-likeness (QED) is 0.817. The summed E-state index contributed by atoms with van der Waals surface area (Å²) in [7, 11) is 0. The van der Waals surface area contributed by atoms with Gasteiger partial charge in [0.2, 0.25) is 0 Å². The minimum atomic E-state index is -0.320. The Morgan fingerprint density at radius 3 is 2.56 bits per heavy atom. The summed E-state index contributed by atoms with van der Waals surface area (Å²) < 4.78 is 5.14. The van der Waals surface area contributed by atoms with E-state index in [4.69, 9.17) is 4.74 Å². The molecule has 0 aromatic heterocycles. The van der Waals surface area contributed by atoms with E-state index < -0.39 is 0 Å². The lowest BCUT2D eigenvalue weighted by molar-refractivity contribution is -0.144. The van der Waals surface area contributed by atoms with Crippen molar-refractivity contribution in [1.29, 1.82) is 0 Å². The first-order valence-electron chi connectivity index (χ1n) is 9.37. The smallest absolute Gasteiger partial charge is 0.322 e. The number of hydrogen-bond acceptors (Lipinski definition) is 3. The van der Waals surface area contributed by atoms with Crippen LogP contribution in [0.25, 0.3) is 0 Å². The number of aryl methyl sites for hydroxylation is 2. The van der Waals surface area contributed by atoms with Crippen molar-refractivity contribution >= 4 is 17.7 Å². The Morgan fingerprint density at radius 1 is 1.15 bits per heavy atom. The van der Waals surface area contributed by atoms with Crippen LogP contribution < -0.4 is 5.32 Å². The predicted octanol–water partition coefficient (Wildman–Crippen LogP) is 4.39. The van der Waals surface area contributed by atoms with E-state index in [2.05, 4.69) is 17.4 Å². The van der Waals surface area contributed by atoms with Gasteiger partial charge in [-0.1, -0.05) is 30.3 Å². The predicted molar refractivity (Wildman–Crippen MR) is 106 cm³/mol. The van der Waals surface area contributed by atoms with Gasteiger partial charge < -0.3 is 15.0 Å². The molecule has 0 radical (unpaired) electrons. The molecule has 1 N–H and O–H groups in total.